The van der Waals surface area contributed by atoms with Gasteiger partial charge in [-0.05, 0) is 17.7 Å². The molecule has 0 amide bonds. The van der Waals surface area contributed by atoms with Crippen molar-refractivity contribution >= 4 is 11.6 Å². The third kappa shape index (κ3) is 2.45. The number of nitrogens with zero attached hydrogens (tertiary/aromatic N) is 2. The number of benzene rings is 1. The summed E-state index contributed by atoms with van der Waals surface area (Å²) in [7, 11) is 0. The molecular weight excluding hydrogens is 245 g/mol. The van der Waals surface area contributed by atoms with E-state index in [-0.39, 0.29) is 5.02 Å². The summed E-state index contributed by atoms with van der Waals surface area (Å²) in [6.45, 7) is 1.90. The van der Waals surface area contributed by atoms with Crippen molar-refractivity contribution in [3.05, 3.63) is 46.3 Å². The monoisotopic (exact) mass is 255 g/mol. The zero-order valence-electron chi connectivity index (χ0n) is 9.15. The van der Waals surface area contributed by atoms with Gasteiger partial charge in [0.2, 0.25) is 5.89 Å². The van der Waals surface area contributed by atoms with Crippen LogP contribution in [0.2, 0.25) is 5.02 Å². The van der Waals surface area contributed by atoms with Gasteiger partial charge in [-0.3, -0.25) is 0 Å². The Bertz CT molecular complexity index is 529. The van der Waals surface area contributed by atoms with E-state index in [4.69, 9.17) is 21.9 Å². The van der Waals surface area contributed by atoms with E-state index in [1.54, 1.807) is 6.07 Å². The average molecular weight is 256 g/mol. The van der Waals surface area contributed by atoms with Gasteiger partial charge in [-0.1, -0.05) is 29.7 Å². The highest BCUT2D eigenvalue weighted by Crippen LogP contribution is 2.22. The molecule has 0 aliphatic rings. The highest BCUT2D eigenvalue weighted by Gasteiger charge is 2.16. The lowest BCUT2D eigenvalue weighted by atomic mass is 10.1. The van der Waals surface area contributed by atoms with Crippen LogP contribution in [0.3, 0.4) is 0 Å². The van der Waals surface area contributed by atoms with Crippen LogP contribution in [0.15, 0.2) is 22.7 Å². The largest absolute Gasteiger partial charge is 0.339 e. The smallest absolute Gasteiger partial charge is 0.226 e. The molecule has 0 fully saturated rings. The van der Waals surface area contributed by atoms with Crippen LogP contribution in [0, 0.1) is 5.82 Å². The lowest BCUT2D eigenvalue weighted by Crippen LogP contribution is -2.13. The predicted molar refractivity (Wildman–Crippen MR) is 61.1 cm³/mol. The Balaban J connectivity index is 2.29. The average Bonchev–Trinajstić information content (AvgIpc) is 2.80. The number of nitrogens with two attached hydrogens (primary N) is 1. The highest BCUT2D eigenvalue weighted by atomic mass is 35.5. The van der Waals surface area contributed by atoms with Gasteiger partial charge in [-0.25, -0.2) is 4.39 Å². The number of halogens is 2. The molecule has 1 unspecified atom stereocenters. The molecule has 1 aromatic heterocycles. The van der Waals surface area contributed by atoms with Crippen molar-refractivity contribution in [3.8, 4) is 0 Å². The Morgan fingerprint density at radius 1 is 1.53 bits per heavy atom. The van der Waals surface area contributed by atoms with Crippen LogP contribution in [0.4, 0.5) is 4.39 Å². The van der Waals surface area contributed by atoms with Gasteiger partial charge in [0.25, 0.3) is 0 Å². The lowest BCUT2D eigenvalue weighted by Gasteiger charge is -2.07. The number of rotatable bonds is 3. The molecule has 90 valence electrons. The van der Waals surface area contributed by atoms with Crippen LogP contribution in [0.1, 0.15) is 30.2 Å². The van der Waals surface area contributed by atoms with Crippen LogP contribution in [-0.2, 0) is 6.42 Å². The topological polar surface area (TPSA) is 64.9 Å². The maximum Gasteiger partial charge on any atom is 0.226 e. The van der Waals surface area contributed by atoms with Crippen LogP contribution in [0.25, 0.3) is 0 Å². The van der Waals surface area contributed by atoms with Crippen molar-refractivity contribution in [2.45, 2.75) is 19.4 Å². The molecule has 2 N–H and O–H groups in total. The molecule has 0 aliphatic carbocycles. The Kier molecular flexibility index (Phi) is 3.40. The van der Waals surface area contributed by atoms with Crippen molar-refractivity contribution in [3.63, 3.8) is 0 Å². The van der Waals surface area contributed by atoms with Gasteiger partial charge in [-0.2, -0.15) is 4.98 Å². The molecule has 1 heterocycles. The maximum absolute atomic E-state index is 13.0. The number of aromatic nitrogens is 2. The zero-order valence-corrected chi connectivity index (χ0v) is 9.91. The van der Waals surface area contributed by atoms with Gasteiger partial charge in [0.05, 0.1) is 11.1 Å². The van der Waals surface area contributed by atoms with Crippen molar-refractivity contribution < 1.29 is 8.91 Å². The van der Waals surface area contributed by atoms with E-state index in [9.17, 15) is 4.39 Å². The third-order valence-corrected chi connectivity index (χ3v) is 2.66. The van der Waals surface area contributed by atoms with E-state index in [1.165, 1.54) is 12.1 Å². The predicted octanol–water partition coefficient (Wildman–Crippen LogP) is 2.47. The van der Waals surface area contributed by atoms with Gasteiger partial charge < -0.3 is 10.3 Å². The molecule has 1 atom stereocenters. The first-order valence-electron chi connectivity index (χ1n) is 5.14. The maximum atomic E-state index is 13.0. The Labute approximate surface area is 103 Å². The fourth-order valence-corrected chi connectivity index (χ4v) is 1.58. The first kappa shape index (κ1) is 12.0. The molecule has 4 nitrogen and oxygen atoms in total. The summed E-state index contributed by atoms with van der Waals surface area (Å²) < 4.78 is 18.0. The first-order chi connectivity index (χ1) is 8.11. The van der Waals surface area contributed by atoms with E-state index < -0.39 is 11.9 Å². The second kappa shape index (κ2) is 4.81. The molecule has 1 aromatic carbocycles. The standard InChI is InChI=1S/C11H11ClFN3O/c1-2-9-15-11(16-17-9)10(14)6-3-4-8(13)7(12)5-6/h3-5,10H,2,14H2,1H3. The minimum Gasteiger partial charge on any atom is -0.339 e. The Hall–Kier alpha value is -1.46. The molecule has 6 heteroatoms. The molecule has 0 radical (unpaired) electrons. The highest BCUT2D eigenvalue weighted by molar-refractivity contribution is 6.30. The zero-order chi connectivity index (χ0) is 12.4. The molecule has 0 saturated carbocycles. The summed E-state index contributed by atoms with van der Waals surface area (Å²) in [5, 5.41) is 3.79. The van der Waals surface area contributed by atoms with Crippen molar-refractivity contribution in [2.75, 3.05) is 0 Å². The third-order valence-electron chi connectivity index (χ3n) is 2.37. The molecule has 2 aromatic rings. The lowest BCUT2D eigenvalue weighted by molar-refractivity contribution is 0.375. The molecule has 0 bridgehead atoms. The van der Waals surface area contributed by atoms with E-state index in [0.717, 1.165) is 0 Å². The minimum atomic E-state index is -0.572. The fraction of sp³-hybridized carbons (Fsp3) is 0.273. The van der Waals surface area contributed by atoms with E-state index >= 15 is 0 Å². The van der Waals surface area contributed by atoms with Gasteiger partial charge in [-0.15, -0.1) is 0 Å². The summed E-state index contributed by atoms with van der Waals surface area (Å²) in [5.74, 6) is 0.401. The van der Waals surface area contributed by atoms with Gasteiger partial charge in [0, 0.05) is 6.42 Å². The molecule has 0 aliphatic heterocycles. The molecule has 0 spiro atoms. The van der Waals surface area contributed by atoms with E-state index in [0.29, 0.717) is 23.7 Å². The Morgan fingerprint density at radius 3 is 2.88 bits per heavy atom. The fourth-order valence-electron chi connectivity index (χ4n) is 1.39. The van der Waals surface area contributed by atoms with Crippen molar-refractivity contribution in [1.82, 2.24) is 10.1 Å². The summed E-state index contributed by atoms with van der Waals surface area (Å²) in [5.41, 5.74) is 6.58. The van der Waals surface area contributed by atoms with E-state index in [1.807, 2.05) is 6.92 Å². The van der Waals surface area contributed by atoms with Gasteiger partial charge >= 0.3 is 0 Å². The molecule has 0 saturated heterocycles. The van der Waals surface area contributed by atoms with Crippen LogP contribution < -0.4 is 5.73 Å². The van der Waals surface area contributed by atoms with Crippen LogP contribution >= 0.6 is 11.6 Å². The summed E-state index contributed by atoms with van der Waals surface area (Å²) >= 11 is 5.68. The summed E-state index contributed by atoms with van der Waals surface area (Å²) in [6, 6.07) is 3.70. The first-order valence-corrected chi connectivity index (χ1v) is 5.52. The minimum absolute atomic E-state index is 0.0251. The molecular formula is C11H11ClFN3O. The number of aryl methyl sites for hydroxylation is 1. The molecule has 2 rings (SSSR count). The SMILES string of the molecule is CCc1nc(C(N)c2ccc(F)c(Cl)c2)no1. The van der Waals surface area contributed by atoms with Crippen molar-refractivity contribution in [2.24, 2.45) is 5.73 Å². The number of hydrogen-bond donors (Lipinski definition) is 1. The van der Waals surface area contributed by atoms with Crippen molar-refractivity contribution in [1.29, 1.82) is 0 Å². The molecule has 17 heavy (non-hydrogen) atoms. The second-order valence-electron chi connectivity index (χ2n) is 3.55. The summed E-state index contributed by atoms with van der Waals surface area (Å²) in [4.78, 5) is 4.12. The van der Waals surface area contributed by atoms with E-state index in [2.05, 4.69) is 10.1 Å². The number of hydrogen-bond acceptors (Lipinski definition) is 4. The van der Waals surface area contributed by atoms with Crippen LogP contribution in [-0.4, -0.2) is 10.1 Å². The summed E-state index contributed by atoms with van der Waals surface area (Å²) in [6.07, 6.45) is 0.643. The Morgan fingerprint density at radius 2 is 2.29 bits per heavy atom. The second-order valence-corrected chi connectivity index (χ2v) is 3.96. The van der Waals surface area contributed by atoms with Crippen LogP contribution in [0.5, 0.6) is 0 Å². The normalized spacial score (nSPS) is 12.7. The quantitative estimate of drug-likeness (QED) is 0.915. The van der Waals surface area contributed by atoms with Gasteiger partial charge in [0.1, 0.15) is 5.82 Å². The van der Waals surface area contributed by atoms with Gasteiger partial charge in [0.15, 0.2) is 5.82 Å².